The van der Waals surface area contributed by atoms with Gasteiger partial charge in [-0.15, -0.1) is 0 Å². The lowest BCUT2D eigenvalue weighted by Gasteiger charge is -2.23. The zero-order valence-corrected chi connectivity index (χ0v) is 12.2. The van der Waals surface area contributed by atoms with Crippen molar-refractivity contribution in [1.82, 2.24) is 9.97 Å². The number of nitrogens with zero attached hydrogens (tertiary/aromatic N) is 1. The van der Waals surface area contributed by atoms with Gasteiger partial charge in [-0.25, -0.2) is 4.98 Å². The standard InChI is InChI=1S/C15H17BrN2O/c16-12-3-1-2-11(8-12)14-9-17-15(18-14)10-4-6-13(19)7-5-10/h1-3,8-10,13,19H,4-7H2,(H,17,18). The third-order valence-electron chi connectivity index (χ3n) is 3.81. The van der Waals surface area contributed by atoms with Crippen LogP contribution in [-0.2, 0) is 0 Å². The number of hydrogen-bond donors (Lipinski definition) is 2. The molecule has 0 radical (unpaired) electrons. The van der Waals surface area contributed by atoms with Gasteiger partial charge in [-0.3, -0.25) is 0 Å². The van der Waals surface area contributed by atoms with Gasteiger partial charge in [0.15, 0.2) is 0 Å². The molecular formula is C15H17BrN2O. The second kappa shape index (κ2) is 5.47. The fraction of sp³-hybridized carbons (Fsp3) is 0.400. The van der Waals surface area contributed by atoms with E-state index >= 15 is 0 Å². The SMILES string of the molecule is OC1CCC(c2ncc(-c3cccc(Br)c3)[nH]2)CC1. The third-order valence-corrected chi connectivity index (χ3v) is 4.31. The molecule has 19 heavy (non-hydrogen) atoms. The van der Waals surface area contributed by atoms with Crippen molar-refractivity contribution in [3.8, 4) is 11.3 Å². The van der Waals surface area contributed by atoms with Gasteiger partial charge in [0.05, 0.1) is 18.0 Å². The smallest absolute Gasteiger partial charge is 0.109 e. The van der Waals surface area contributed by atoms with Crippen LogP contribution in [0.3, 0.4) is 0 Å². The molecule has 0 atom stereocenters. The number of H-pyrrole nitrogens is 1. The highest BCUT2D eigenvalue weighted by Crippen LogP contribution is 2.32. The molecule has 1 aromatic carbocycles. The zero-order valence-electron chi connectivity index (χ0n) is 10.6. The van der Waals surface area contributed by atoms with Crippen molar-refractivity contribution in [1.29, 1.82) is 0 Å². The molecule has 0 aliphatic heterocycles. The predicted molar refractivity (Wildman–Crippen MR) is 78.9 cm³/mol. The van der Waals surface area contributed by atoms with Crippen LogP contribution in [0.5, 0.6) is 0 Å². The number of hydrogen-bond acceptors (Lipinski definition) is 2. The van der Waals surface area contributed by atoms with Gasteiger partial charge in [-0.1, -0.05) is 28.1 Å². The second-order valence-corrected chi connectivity index (χ2v) is 6.11. The Bertz CT molecular complexity index is 559. The number of nitrogens with one attached hydrogen (secondary N) is 1. The molecule has 1 aromatic heterocycles. The van der Waals surface area contributed by atoms with E-state index in [4.69, 9.17) is 0 Å². The zero-order chi connectivity index (χ0) is 13.2. The van der Waals surface area contributed by atoms with Gasteiger partial charge in [-0.2, -0.15) is 0 Å². The van der Waals surface area contributed by atoms with Crippen LogP contribution in [0.4, 0.5) is 0 Å². The lowest BCUT2D eigenvalue weighted by atomic mass is 9.87. The molecule has 0 amide bonds. The molecule has 1 aliphatic carbocycles. The summed E-state index contributed by atoms with van der Waals surface area (Å²) in [5.41, 5.74) is 2.20. The molecular weight excluding hydrogens is 304 g/mol. The van der Waals surface area contributed by atoms with Crippen LogP contribution in [0.25, 0.3) is 11.3 Å². The predicted octanol–water partition coefficient (Wildman–Crippen LogP) is 3.86. The summed E-state index contributed by atoms with van der Waals surface area (Å²) in [4.78, 5) is 7.95. The van der Waals surface area contributed by atoms with E-state index in [0.29, 0.717) is 5.92 Å². The fourth-order valence-electron chi connectivity index (χ4n) is 2.70. The monoisotopic (exact) mass is 320 g/mol. The second-order valence-electron chi connectivity index (χ2n) is 5.20. The Morgan fingerprint density at radius 2 is 2.00 bits per heavy atom. The maximum absolute atomic E-state index is 9.55. The number of aromatic amines is 1. The van der Waals surface area contributed by atoms with E-state index in [9.17, 15) is 5.11 Å². The first-order valence-electron chi connectivity index (χ1n) is 6.71. The van der Waals surface area contributed by atoms with Crippen LogP contribution in [0, 0.1) is 0 Å². The molecule has 1 heterocycles. The minimum Gasteiger partial charge on any atom is -0.393 e. The molecule has 100 valence electrons. The molecule has 0 bridgehead atoms. The Morgan fingerprint density at radius 3 is 2.74 bits per heavy atom. The van der Waals surface area contributed by atoms with Crippen LogP contribution in [0.1, 0.15) is 37.4 Å². The van der Waals surface area contributed by atoms with E-state index in [0.717, 1.165) is 47.2 Å². The largest absolute Gasteiger partial charge is 0.393 e. The minimum atomic E-state index is -0.115. The average Bonchev–Trinajstić information content (AvgIpc) is 2.89. The molecule has 1 fully saturated rings. The summed E-state index contributed by atoms with van der Waals surface area (Å²) >= 11 is 3.49. The number of aliphatic hydroxyl groups excluding tert-OH is 1. The molecule has 1 saturated carbocycles. The molecule has 0 spiro atoms. The average molecular weight is 321 g/mol. The maximum atomic E-state index is 9.55. The van der Waals surface area contributed by atoms with E-state index in [-0.39, 0.29) is 6.10 Å². The van der Waals surface area contributed by atoms with Crippen molar-refractivity contribution in [3.63, 3.8) is 0 Å². The van der Waals surface area contributed by atoms with E-state index in [2.05, 4.69) is 38.0 Å². The quantitative estimate of drug-likeness (QED) is 0.882. The highest BCUT2D eigenvalue weighted by molar-refractivity contribution is 9.10. The Balaban J connectivity index is 1.80. The molecule has 2 aromatic rings. The Morgan fingerprint density at radius 1 is 1.21 bits per heavy atom. The van der Waals surface area contributed by atoms with Gasteiger partial charge in [0.25, 0.3) is 0 Å². The van der Waals surface area contributed by atoms with Crippen molar-refractivity contribution < 1.29 is 5.11 Å². The molecule has 3 nitrogen and oxygen atoms in total. The van der Waals surface area contributed by atoms with E-state index < -0.39 is 0 Å². The number of benzene rings is 1. The van der Waals surface area contributed by atoms with Gasteiger partial charge in [0.1, 0.15) is 5.82 Å². The summed E-state index contributed by atoms with van der Waals surface area (Å²) in [6.07, 6.45) is 5.60. The lowest BCUT2D eigenvalue weighted by molar-refractivity contribution is 0.121. The van der Waals surface area contributed by atoms with Crippen LogP contribution < -0.4 is 0 Å². The highest BCUT2D eigenvalue weighted by atomic mass is 79.9. The summed E-state index contributed by atoms with van der Waals surface area (Å²) in [7, 11) is 0. The van der Waals surface area contributed by atoms with E-state index in [1.807, 2.05) is 18.3 Å². The molecule has 2 N–H and O–H groups in total. The normalized spacial score (nSPS) is 23.5. The fourth-order valence-corrected chi connectivity index (χ4v) is 3.10. The molecule has 0 unspecified atom stereocenters. The van der Waals surface area contributed by atoms with Crippen molar-refractivity contribution >= 4 is 15.9 Å². The summed E-state index contributed by atoms with van der Waals surface area (Å²) in [6.45, 7) is 0. The third kappa shape index (κ3) is 2.90. The van der Waals surface area contributed by atoms with Crippen molar-refractivity contribution in [2.45, 2.75) is 37.7 Å². The van der Waals surface area contributed by atoms with Gasteiger partial charge < -0.3 is 10.1 Å². The number of aliphatic hydroxyl groups is 1. The summed E-state index contributed by atoms with van der Waals surface area (Å²) in [5, 5.41) is 9.55. The van der Waals surface area contributed by atoms with Crippen LogP contribution in [0.2, 0.25) is 0 Å². The molecule has 1 aliphatic rings. The first-order chi connectivity index (χ1) is 9.22. The maximum Gasteiger partial charge on any atom is 0.109 e. The number of imidazole rings is 1. The number of rotatable bonds is 2. The first kappa shape index (κ1) is 12.9. The molecule has 3 rings (SSSR count). The van der Waals surface area contributed by atoms with Gasteiger partial charge in [0.2, 0.25) is 0 Å². The Hall–Kier alpha value is -1.13. The molecule has 0 saturated heterocycles. The topological polar surface area (TPSA) is 48.9 Å². The lowest BCUT2D eigenvalue weighted by Crippen LogP contribution is -2.17. The molecule has 4 heteroatoms. The Labute approximate surface area is 121 Å². The van der Waals surface area contributed by atoms with E-state index in [1.165, 1.54) is 0 Å². The summed E-state index contributed by atoms with van der Waals surface area (Å²) in [6, 6.07) is 8.20. The number of aromatic nitrogens is 2. The highest BCUT2D eigenvalue weighted by Gasteiger charge is 2.22. The summed E-state index contributed by atoms with van der Waals surface area (Å²) in [5.74, 6) is 1.52. The summed E-state index contributed by atoms with van der Waals surface area (Å²) < 4.78 is 1.07. The van der Waals surface area contributed by atoms with Crippen molar-refractivity contribution in [3.05, 3.63) is 40.8 Å². The Kier molecular flexibility index (Phi) is 3.71. The van der Waals surface area contributed by atoms with Crippen LogP contribution in [0.15, 0.2) is 34.9 Å². The van der Waals surface area contributed by atoms with Gasteiger partial charge in [-0.05, 0) is 37.8 Å². The minimum absolute atomic E-state index is 0.115. The number of halogens is 1. The van der Waals surface area contributed by atoms with Gasteiger partial charge in [0, 0.05) is 16.0 Å². The van der Waals surface area contributed by atoms with Crippen molar-refractivity contribution in [2.75, 3.05) is 0 Å². The van der Waals surface area contributed by atoms with Gasteiger partial charge >= 0.3 is 0 Å². The van der Waals surface area contributed by atoms with E-state index in [1.54, 1.807) is 0 Å². The van der Waals surface area contributed by atoms with Crippen LogP contribution >= 0.6 is 15.9 Å². The van der Waals surface area contributed by atoms with Crippen molar-refractivity contribution in [2.24, 2.45) is 0 Å². The first-order valence-corrected chi connectivity index (χ1v) is 7.50. The van der Waals surface area contributed by atoms with Crippen LogP contribution in [-0.4, -0.2) is 21.2 Å².